The van der Waals surface area contributed by atoms with Crippen LogP contribution >= 0.6 is 11.3 Å². The zero-order valence-electron chi connectivity index (χ0n) is 23.0. The van der Waals surface area contributed by atoms with Crippen molar-refractivity contribution in [2.45, 2.75) is 40.7 Å². The zero-order valence-corrected chi connectivity index (χ0v) is 23.8. The summed E-state index contributed by atoms with van der Waals surface area (Å²) in [5.41, 5.74) is 6.66. The van der Waals surface area contributed by atoms with Gasteiger partial charge in [-0.3, -0.25) is 9.36 Å². The van der Waals surface area contributed by atoms with Crippen molar-refractivity contribution in [3.05, 3.63) is 108 Å². The van der Waals surface area contributed by atoms with Crippen LogP contribution in [0, 0.1) is 20.8 Å². The third kappa shape index (κ3) is 4.26. The first kappa shape index (κ1) is 25.9. The van der Waals surface area contributed by atoms with Gasteiger partial charge in [0.1, 0.15) is 0 Å². The van der Waals surface area contributed by atoms with E-state index in [1.165, 1.54) is 16.9 Å². The van der Waals surface area contributed by atoms with E-state index in [1.807, 2.05) is 25.1 Å². The number of rotatable bonds is 5. The number of nitrogens with zero attached hydrogens (tertiary/aromatic N) is 3. The van der Waals surface area contributed by atoms with E-state index >= 15 is 0 Å². The maximum Gasteiger partial charge on any atom is 0.338 e. The summed E-state index contributed by atoms with van der Waals surface area (Å²) >= 11 is 1.31. The Labute approximate surface area is 235 Å². The van der Waals surface area contributed by atoms with Crippen molar-refractivity contribution >= 4 is 23.4 Å². The van der Waals surface area contributed by atoms with E-state index in [4.69, 9.17) is 14.2 Å². The second-order valence-electron chi connectivity index (χ2n) is 9.91. The molecule has 0 saturated carbocycles. The highest BCUT2D eigenvalue weighted by molar-refractivity contribution is 7.07. The van der Waals surface area contributed by atoms with Crippen molar-refractivity contribution < 1.29 is 19.0 Å². The van der Waals surface area contributed by atoms with E-state index in [2.05, 4.69) is 53.7 Å². The van der Waals surface area contributed by atoms with E-state index < -0.39 is 12.0 Å². The number of thiazole rings is 1. The molecule has 0 N–H and O–H groups in total. The molecule has 0 aliphatic carbocycles. The Morgan fingerprint density at radius 3 is 2.58 bits per heavy atom. The van der Waals surface area contributed by atoms with E-state index in [9.17, 15) is 9.59 Å². The number of fused-ring (bicyclic) bond motifs is 2. The Morgan fingerprint density at radius 2 is 1.82 bits per heavy atom. The number of hydrogen-bond donors (Lipinski definition) is 0. The molecule has 1 atom stereocenters. The van der Waals surface area contributed by atoms with Gasteiger partial charge >= 0.3 is 5.97 Å². The first-order valence-electron chi connectivity index (χ1n) is 13.1. The van der Waals surface area contributed by atoms with Crippen LogP contribution in [0.2, 0.25) is 0 Å². The summed E-state index contributed by atoms with van der Waals surface area (Å²) in [5, 5.41) is 0. The molecule has 0 saturated heterocycles. The minimum Gasteiger partial charge on any atom is -0.463 e. The fourth-order valence-electron chi connectivity index (χ4n) is 5.36. The lowest BCUT2D eigenvalue weighted by atomic mass is 9.95. The first-order valence-corrected chi connectivity index (χ1v) is 13.9. The molecule has 4 aromatic rings. The van der Waals surface area contributed by atoms with Gasteiger partial charge in [-0.1, -0.05) is 35.1 Å². The lowest BCUT2D eigenvalue weighted by Crippen LogP contribution is -2.39. The van der Waals surface area contributed by atoms with Gasteiger partial charge in [0.25, 0.3) is 5.56 Å². The molecule has 0 radical (unpaired) electrons. The molecule has 0 amide bonds. The van der Waals surface area contributed by atoms with Gasteiger partial charge in [-0.25, -0.2) is 9.79 Å². The molecule has 4 heterocycles. The highest BCUT2D eigenvalue weighted by Gasteiger charge is 2.34. The number of hydrogen-bond acceptors (Lipinski definition) is 7. The molecule has 9 heteroatoms. The minimum atomic E-state index is -0.716. The average molecular weight is 556 g/mol. The maximum atomic E-state index is 14.0. The van der Waals surface area contributed by atoms with Crippen LogP contribution in [0.1, 0.15) is 48.0 Å². The van der Waals surface area contributed by atoms with Crippen molar-refractivity contribution in [2.75, 3.05) is 13.4 Å². The molecule has 0 spiro atoms. The number of ether oxygens (including phenoxy) is 3. The standard InChI is InChI=1S/C31H29N3O5S/c1-6-37-30(36)27-19(4)32-31-34(28(27)21-9-12-24-25(14-21)39-16-38-24)29(35)26(40-31)15-22-13-18(3)33(20(22)5)23-10-7-17(2)8-11-23/h7-15,28H,6,16H2,1-5H3/b26-15-. The summed E-state index contributed by atoms with van der Waals surface area (Å²) in [5.74, 6) is 0.696. The molecule has 40 heavy (non-hydrogen) atoms. The second kappa shape index (κ2) is 9.98. The summed E-state index contributed by atoms with van der Waals surface area (Å²) in [7, 11) is 0. The van der Waals surface area contributed by atoms with Crippen LogP contribution in [0.15, 0.2) is 69.6 Å². The first-order chi connectivity index (χ1) is 19.3. The smallest absolute Gasteiger partial charge is 0.338 e. The second-order valence-corrected chi connectivity index (χ2v) is 10.9. The summed E-state index contributed by atoms with van der Waals surface area (Å²) in [6, 6.07) is 15.2. The van der Waals surface area contributed by atoms with Crippen LogP contribution in [0.3, 0.4) is 0 Å². The lowest BCUT2D eigenvalue weighted by molar-refractivity contribution is -0.139. The van der Waals surface area contributed by atoms with Crippen molar-refractivity contribution in [1.29, 1.82) is 0 Å². The number of esters is 1. The van der Waals surface area contributed by atoms with Gasteiger partial charge < -0.3 is 18.8 Å². The quantitative estimate of drug-likeness (QED) is 0.344. The van der Waals surface area contributed by atoms with Crippen molar-refractivity contribution in [1.82, 2.24) is 9.13 Å². The summed E-state index contributed by atoms with van der Waals surface area (Å²) in [6.45, 7) is 10.0. The molecule has 1 unspecified atom stereocenters. The molecule has 2 aromatic heterocycles. The van der Waals surface area contributed by atoms with Crippen LogP contribution in [-0.4, -0.2) is 28.5 Å². The van der Waals surface area contributed by atoms with Gasteiger partial charge in [0.15, 0.2) is 16.3 Å². The van der Waals surface area contributed by atoms with Crippen molar-refractivity contribution in [3.63, 3.8) is 0 Å². The predicted octanol–water partition coefficient (Wildman–Crippen LogP) is 4.24. The van der Waals surface area contributed by atoms with E-state index in [1.54, 1.807) is 24.5 Å². The van der Waals surface area contributed by atoms with Crippen molar-refractivity contribution in [3.8, 4) is 17.2 Å². The minimum absolute atomic E-state index is 0.127. The molecule has 204 valence electrons. The van der Waals surface area contributed by atoms with Crippen LogP contribution in [-0.2, 0) is 9.53 Å². The number of carbonyl (C=O) groups excluding carboxylic acids is 1. The Balaban J connectivity index is 1.52. The monoisotopic (exact) mass is 555 g/mol. The van der Waals surface area contributed by atoms with E-state index in [-0.39, 0.29) is 19.0 Å². The van der Waals surface area contributed by atoms with Crippen molar-refractivity contribution in [2.24, 2.45) is 4.99 Å². The SMILES string of the molecule is CCOC(=O)C1=C(C)N=c2s/c(=C\c3cc(C)n(-c4ccc(C)cc4)c3C)c(=O)n2C1c1ccc2c(c1)OCO2. The van der Waals surface area contributed by atoms with Crippen LogP contribution in [0.25, 0.3) is 11.8 Å². The highest BCUT2D eigenvalue weighted by atomic mass is 32.1. The molecule has 2 aliphatic rings. The van der Waals surface area contributed by atoms with Gasteiger partial charge in [0, 0.05) is 17.1 Å². The molecule has 8 nitrogen and oxygen atoms in total. The Bertz CT molecular complexity index is 1880. The van der Waals surface area contributed by atoms with Gasteiger partial charge in [0.2, 0.25) is 6.79 Å². The van der Waals surface area contributed by atoms with Gasteiger partial charge in [-0.05, 0) is 82.2 Å². The molecular weight excluding hydrogens is 526 g/mol. The lowest BCUT2D eigenvalue weighted by Gasteiger charge is -2.24. The molecular formula is C31H29N3O5S. The number of benzene rings is 2. The average Bonchev–Trinajstić information content (AvgIpc) is 3.59. The Morgan fingerprint density at radius 1 is 1.07 bits per heavy atom. The predicted molar refractivity (Wildman–Crippen MR) is 153 cm³/mol. The fraction of sp³-hybridized carbons (Fsp3) is 0.258. The van der Waals surface area contributed by atoms with E-state index in [0.29, 0.717) is 37.7 Å². The number of allylic oxidation sites excluding steroid dienone is 1. The normalized spacial score (nSPS) is 16.2. The fourth-order valence-corrected chi connectivity index (χ4v) is 6.39. The van der Waals surface area contributed by atoms with Gasteiger partial charge in [-0.15, -0.1) is 0 Å². The topological polar surface area (TPSA) is 84.1 Å². The molecule has 0 fully saturated rings. The van der Waals surface area contributed by atoms with Crippen LogP contribution in [0.4, 0.5) is 0 Å². The number of carbonyl (C=O) groups is 1. The third-order valence-corrected chi connectivity index (χ3v) is 8.26. The third-order valence-electron chi connectivity index (χ3n) is 7.28. The number of aromatic nitrogens is 2. The van der Waals surface area contributed by atoms with Gasteiger partial charge in [0.05, 0.1) is 28.5 Å². The van der Waals surface area contributed by atoms with Crippen LogP contribution in [0.5, 0.6) is 11.5 Å². The summed E-state index contributed by atoms with van der Waals surface area (Å²) in [4.78, 5) is 32.4. The Hall–Kier alpha value is -4.37. The molecule has 0 bridgehead atoms. The zero-order chi connectivity index (χ0) is 28.1. The highest BCUT2D eigenvalue weighted by Crippen LogP contribution is 2.38. The summed E-state index contributed by atoms with van der Waals surface area (Å²) < 4.78 is 20.8. The van der Waals surface area contributed by atoms with Crippen LogP contribution < -0.4 is 24.4 Å². The van der Waals surface area contributed by atoms with E-state index in [0.717, 1.165) is 22.6 Å². The largest absolute Gasteiger partial charge is 0.463 e. The number of aryl methyl sites for hydroxylation is 2. The van der Waals surface area contributed by atoms with Gasteiger partial charge in [-0.2, -0.15) is 0 Å². The molecule has 2 aromatic carbocycles. The summed E-state index contributed by atoms with van der Waals surface area (Å²) in [6.07, 6.45) is 1.91. The Kier molecular flexibility index (Phi) is 6.46. The molecule has 6 rings (SSSR count). The maximum absolute atomic E-state index is 14.0. The molecule has 2 aliphatic heterocycles.